The Morgan fingerprint density at radius 2 is 1.14 bits per heavy atom. The summed E-state index contributed by atoms with van der Waals surface area (Å²) in [4.78, 5) is 31.9. The molecule has 2 amide bonds. The van der Waals surface area contributed by atoms with Crippen LogP contribution in [0.15, 0.2) is 36.4 Å². The van der Waals surface area contributed by atoms with E-state index in [2.05, 4.69) is 41.0 Å². The van der Waals surface area contributed by atoms with E-state index in [1.54, 1.807) is 12.1 Å². The molecule has 0 fully saturated rings. The third kappa shape index (κ3) is 7.36. The van der Waals surface area contributed by atoms with Gasteiger partial charge in [-0.2, -0.15) is 8.78 Å². The van der Waals surface area contributed by atoms with Gasteiger partial charge in [0, 0.05) is 12.8 Å². The van der Waals surface area contributed by atoms with Crippen LogP contribution in [-0.2, 0) is 25.9 Å². The average molecular weight is 531 g/mol. The predicted octanol–water partition coefficient (Wildman–Crippen LogP) is 2.88. The van der Waals surface area contributed by atoms with Crippen molar-refractivity contribution in [1.82, 2.24) is 41.0 Å². The van der Waals surface area contributed by atoms with Crippen LogP contribution in [0.3, 0.4) is 0 Å². The van der Waals surface area contributed by atoms with Crippen LogP contribution < -0.4 is 10.6 Å². The summed E-state index contributed by atoms with van der Waals surface area (Å²) >= 11 is 2.40. The molecule has 186 valence electrons. The molecule has 0 aliphatic heterocycles. The quantitative estimate of drug-likeness (QED) is 0.223. The molecule has 4 aromatic rings. The lowest BCUT2D eigenvalue weighted by Crippen LogP contribution is -2.23. The van der Waals surface area contributed by atoms with Gasteiger partial charge in [0.25, 0.3) is 11.8 Å². The highest BCUT2D eigenvalue weighted by molar-refractivity contribution is 7.13. The van der Waals surface area contributed by atoms with Crippen LogP contribution in [0.1, 0.15) is 53.8 Å². The lowest BCUT2D eigenvalue weighted by Gasteiger charge is -2.02. The summed E-state index contributed by atoms with van der Waals surface area (Å²) in [5, 5.41) is 23.2. The Labute approximate surface area is 212 Å². The normalized spacial score (nSPS) is 10.8. The van der Waals surface area contributed by atoms with Crippen LogP contribution in [0, 0.1) is 11.9 Å². The van der Waals surface area contributed by atoms with Crippen molar-refractivity contribution in [3.05, 3.63) is 79.7 Å². The monoisotopic (exact) mass is 530 g/mol. The van der Waals surface area contributed by atoms with Crippen LogP contribution >= 0.6 is 22.7 Å². The summed E-state index contributed by atoms with van der Waals surface area (Å²) in [6.07, 6.45) is 2.86. The number of nitrogens with one attached hydrogen (secondary N) is 2. The first-order valence-electron chi connectivity index (χ1n) is 10.9. The summed E-state index contributed by atoms with van der Waals surface area (Å²) in [5.41, 5.74) is 0.822. The fourth-order valence-corrected chi connectivity index (χ4v) is 4.63. The van der Waals surface area contributed by atoms with E-state index in [1.807, 2.05) is 0 Å². The first kappa shape index (κ1) is 25.3. The van der Waals surface area contributed by atoms with Gasteiger partial charge in [-0.15, -0.1) is 20.4 Å². The van der Waals surface area contributed by atoms with E-state index in [-0.39, 0.29) is 23.1 Å². The fourth-order valence-electron chi connectivity index (χ4n) is 3.04. The van der Waals surface area contributed by atoms with Gasteiger partial charge in [-0.1, -0.05) is 34.8 Å². The molecule has 14 heteroatoms. The van der Waals surface area contributed by atoms with Crippen molar-refractivity contribution in [3.8, 4) is 0 Å². The molecule has 0 bridgehead atoms. The van der Waals surface area contributed by atoms with Crippen LogP contribution in [0.2, 0.25) is 0 Å². The van der Waals surface area contributed by atoms with Crippen molar-refractivity contribution in [2.45, 2.75) is 38.8 Å². The van der Waals surface area contributed by atoms with E-state index in [4.69, 9.17) is 0 Å². The second-order valence-electron chi connectivity index (χ2n) is 7.48. The number of carbonyl (C=O) groups is 2. The molecule has 10 nitrogen and oxygen atoms in total. The third-order valence-corrected chi connectivity index (χ3v) is 6.72. The van der Waals surface area contributed by atoms with Crippen molar-refractivity contribution in [1.29, 1.82) is 0 Å². The molecule has 0 saturated carbocycles. The number of carbonyl (C=O) groups excluding carboxylic acids is 2. The predicted molar refractivity (Wildman–Crippen MR) is 127 cm³/mol. The summed E-state index contributed by atoms with van der Waals surface area (Å²) in [7, 11) is 0. The smallest absolute Gasteiger partial charge is 0.282 e. The Morgan fingerprint density at radius 1 is 0.694 bits per heavy atom. The first-order chi connectivity index (χ1) is 17.5. The molecule has 0 radical (unpaired) electrons. The van der Waals surface area contributed by atoms with Crippen LogP contribution in [0.5, 0.6) is 0 Å². The van der Waals surface area contributed by atoms with Gasteiger partial charge < -0.3 is 10.6 Å². The molecular formula is C22H20F2N8O2S2. The summed E-state index contributed by atoms with van der Waals surface area (Å²) in [5.74, 6) is -1.99. The van der Waals surface area contributed by atoms with Crippen LogP contribution in [0.4, 0.5) is 8.78 Å². The van der Waals surface area contributed by atoms with Crippen LogP contribution in [-0.4, -0.2) is 42.2 Å². The molecular weight excluding hydrogens is 510 g/mol. The Bertz CT molecular complexity index is 1250. The SMILES string of the molecule is O=C(NCc1cccc(F)n1)c1nnc(CCCCc2nnc(C(=O)NCc3cccc(F)n3)s2)s1. The van der Waals surface area contributed by atoms with E-state index in [9.17, 15) is 18.4 Å². The minimum atomic E-state index is -0.605. The molecule has 4 heterocycles. The number of pyridine rings is 2. The van der Waals surface area contributed by atoms with Crippen LogP contribution in [0.25, 0.3) is 0 Å². The van der Waals surface area contributed by atoms with Crippen molar-refractivity contribution in [2.24, 2.45) is 0 Å². The van der Waals surface area contributed by atoms with Gasteiger partial charge in [-0.25, -0.2) is 9.97 Å². The summed E-state index contributed by atoms with van der Waals surface area (Å²) in [6, 6.07) is 8.75. The molecule has 4 rings (SSSR count). The standard InChI is InChI=1S/C22H20F2N8O2S2/c23-15-7-3-5-13(27-15)11-25-19(33)21-31-29-17(35-21)9-1-2-10-18-30-32-22(36-18)20(34)26-12-14-6-4-8-16(24)28-14/h3-8H,1-2,9-12H2,(H,25,33)(H,26,34). The molecule has 0 aromatic carbocycles. The van der Waals surface area contributed by atoms with Gasteiger partial charge in [0.15, 0.2) is 0 Å². The number of nitrogens with zero attached hydrogens (tertiary/aromatic N) is 6. The van der Waals surface area contributed by atoms with E-state index < -0.39 is 23.7 Å². The lowest BCUT2D eigenvalue weighted by molar-refractivity contribution is 0.0941. The van der Waals surface area contributed by atoms with Crippen molar-refractivity contribution >= 4 is 34.5 Å². The van der Waals surface area contributed by atoms with E-state index >= 15 is 0 Å². The van der Waals surface area contributed by atoms with E-state index in [0.717, 1.165) is 22.9 Å². The largest absolute Gasteiger partial charge is 0.344 e. The number of hydrogen-bond acceptors (Lipinski definition) is 10. The molecule has 2 N–H and O–H groups in total. The number of amides is 2. The van der Waals surface area contributed by atoms with Gasteiger partial charge in [0.2, 0.25) is 21.9 Å². The molecule has 0 saturated heterocycles. The molecule has 0 atom stereocenters. The summed E-state index contributed by atoms with van der Waals surface area (Å²) in [6.45, 7) is 0.185. The van der Waals surface area contributed by atoms with Crippen molar-refractivity contribution < 1.29 is 18.4 Å². The van der Waals surface area contributed by atoms with Gasteiger partial charge in [-0.3, -0.25) is 9.59 Å². The van der Waals surface area contributed by atoms with Gasteiger partial charge in [0.1, 0.15) is 10.0 Å². The zero-order chi connectivity index (χ0) is 25.3. The zero-order valence-electron chi connectivity index (χ0n) is 18.8. The Hall–Kier alpha value is -3.78. The minimum absolute atomic E-state index is 0.0923. The van der Waals surface area contributed by atoms with Crippen molar-refractivity contribution in [3.63, 3.8) is 0 Å². The number of halogens is 2. The maximum atomic E-state index is 13.1. The fraction of sp³-hybridized carbons (Fsp3) is 0.273. The lowest BCUT2D eigenvalue weighted by atomic mass is 10.2. The van der Waals surface area contributed by atoms with Gasteiger partial charge >= 0.3 is 0 Å². The maximum Gasteiger partial charge on any atom is 0.282 e. The molecule has 36 heavy (non-hydrogen) atoms. The number of aromatic nitrogens is 6. The second-order valence-corrected chi connectivity index (χ2v) is 9.60. The molecule has 0 unspecified atom stereocenters. The van der Waals surface area contributed by atoms with E-state index in [0.29, 0.717) is 24.2 Å². The highest BCUT2D eigenvalue weighted by Gasteiger charge is 2.15. The maximum absolute atomic E-state index is 13.1. The molecule has 0 spiro atoms. The zero-order valence-corrected chi connectivity index (χ0v) is 20.4. The Balaban J connectivity index is 1.16. The minimum Gasteiger partial charge on any atom is -0.344 e. The highest BCUT2D eigenvalue weighted by atomic mass is 32.1. The molecule has 0 aliphatic carbocycles. The molecule has 0 aliphatic rings. The topological polar surface area (TPSA) is 136 Å². The number of hydrogen-bond donors (Lipinski definition) is 2. The molecule has 4 aromatic heterocycles. The number of unbranched alkanes of at least 4 members (excludes halogenated alkanes) is 1. The third-order valence-electron chi connectivity index (χ3n) is 4.76. The number of aryl methyl sites for hydroxylation is 2. The van der Waals surface area contributed by atoms with Gasteiger partial charge in [0.05, 0.1) is 24.5 Å². The Morgan fingerprint density at radius 3 is 1.56 bits per heavy atom. The number of rotatable bonds is 11. The average Bonchev–Trinajstić information content (AvgIpc) is 3.54. The summed E-state index contributed by atoms with van der Waals surface area (Å²) < 4.78 is 26.3. The second kappa shape index (κ2) is 12.3. The van der Waals surface area contributed by atoms with Crippen molar-refractivity contribution in [2.75, 3.05) is 0 Å². The van der Waals surface area contributed by atoms with E-state index in [1.165, 1.54) is 46.9 Å². The first-order valence-corrected chi connectivity index (χ1v) is 12.5. The Kier molecular flexibility index (Phi) is 8.62. The highest BCUT2D eigenvalue weighted by Crippen LogP contribution is 2.16. The van der Waals surface area contributed by atoms with Gasteiger partial charge in [-0.05, 0) is 37.1 Å².